The average Bonchev–Trinajstić information content (AvgIpc) is 3.11. The lowest BCUT2D eigenvalue weighted by Gasteiger charge is -2.48. The normalized spacial score (nSPS) is 19.1. The van der Waals surface area contributed by atoms with Gasteiger partial charge >= 0.3 is 5.97 Å². The molecule has 0 radical (unpaired) electrons. The molecule has 54 heavy (non-hydrogen) atoms. The van der Waals surface area contributed by atoms with Crippen LogP contribution >= 0.6 is 0 Å². The highest BCUT2D eigenvalue weighted by Gasteiger charge is 2.48. The number of benzene rings is 3. The summed E-state index contributed by atoms with van der Waals surface area (Å²) < 4.78 is 50.1. The summed E-state index contributed by atoms with van der Waals surface area (Å²) in [6, 6.07) is 20.1. The minimum absolute atomic E-state index is 0.0586. The topological polar surface area (TPSA) is 172 Å². The number of sulfonamides is 1. The summed E-state index contributed by atoms with van der Waals surface area (Å²) in [7, 11) is -3.25. The number of ether oxygens (including phenoxy) is 2. The molecule has 4 unspecified atom stereocenters. The molecule has 2 aliphatic rings. The van der Waals surface area contributed by atoms with Crippen LogP contribution in [0.25, 0.3) is 0 Å². The molecule has 14 heteroatoms. The molecule has 0 bridgehead atoms. The van der Waals surface area contributed by atoms with Crippen LogP contribution in [0.4, 0.5) is 10.1 Å². The first-order valence-electron chi connectivity index (χ1n) is 18.3. The van der Waals surface area contributed by atoms with Crippen LogP contribution in [-0.4, -0.2) is 80.7 Å². The molecule has 3 aromatic carbocycles. The van der Waals surface area contributed by atoms with Crippen molar-refractivity contribution in [2.24, 2.45) is 11.8 Å². The second kappa shape index (κ2) is 17.9. The zero-order chi connectivity index (χ0) is 39.0. The van der Waals surface area contributed by atoms with E-state index < -0.39 is 39.6 Å². The quantitative estimate of drug-likeness (QED) is 0.0957. The Hall–Kier alpha value is -4.21. The van der Waals surface area contributed by atoms with Crippen molar-refractivity contribution in [3.05, 3.63) is 101 Å². The number of nitrogens with zero attached hydrogens (tertiary/aromatic N) is 1. The summed E-state index contributed by atoms with van der Waals surface area (Å²) in [6.07, 6.45) is 3.53. The molecule has 292 valence electrons. The second-order valence-corrected chi connectivity index (χ2v) is 16.5. The van der Waals surface area contributed by atoms with Gasteiger partial charge in [0.1, 0.15) is 24.1 Å². The minimum Gasteiger partial charge on any atom is -0.480 e. The molecule has 0 spiro atoms. The number of nitrogens with one attached hydrogen (secondary N) is 2. The second-order valence-electron chi connectivity index (χ2n) is 14.7. The zero-order valence-electron chi connectivity index (χ0n) is 30.9. The fourth-order valence-electron chi connectivity index (χ4n) is 6.89. The molecule has 2 amide bonds. The number of carbonyl (C=O) groups excluding carboxylic acids is 2. The predicted octanol–water partition coefficient (Wildman–Crippen LogP) is 4.47. The Bertz CT molecular complexity index is 1850. The van der Waals surface area contributed by atoms with E-state index in [9.17, 15) is 37.4 Å². The summed E-state index contributed by atoms with van der Waals surface area (Å²) in [5.41, 5.74) is 3.64. The summed E-state index contributed by atoms with van der Waals surface area (Å²) in [4.78, 5) is 39.5. The Kier molecular flexibility index (Phi) is 13.6. The maximum absolute atomic E-state index is 13.7. The third kappa shape index (κ3) is 10.7. The van der Waals surface area contributed by atoms with Crippen molar-refractivity contribution in [3.63, 3.8) is 0 Å². The number of carboxylic acids is 1. The minimum atomic E-state index is -3.25. The lowest BCUT2D eigenvalue weighted by molar-refractivity contribution is -0.212. The van der Waals surface area contributed by atoms with Gasteiger partial charge in [0.25, 0.3) is 0 Å². The molecular weight excluding hydrogens is 718 g/mol. The number of amides is 2. The van der Waals surface area contributed by atoms with Crippen LogP contribution in [0, 0.1) is 17.7 Å². The van der Waals surface area contributed by atoms with Crippen LogP contribution < -0.4 is 14.9 Å². The van der Waals surface area contributed by atoms with Crippen LogP contribution in [-0.2, 0) is 46.7 Å². The number of β-lactam (4-membered cyclic amide) rings is 1. The van der Waals surface area contributed by atoms with E-state index in [1.165, 1.54) is 12.1 Å². The summed E-state index contributed by atoms with van der Waals surface area (Å²) >= 11 is 0. The Morgan fingerprint density at radius 2 is 1.63 bits per heavy atom. The Balaban J connectivity index is 1.24. The number of hydrogen-bond acceptors (Lipinski definition) is 8. The van der Waals surface area contributed by atoms with E-state index in [4.69, 9.17) is 9.47 Å². The number of aliphatic carboxylic acids is 1. The third-order valence-electron chi connectivity index (χ3n) is 10.1. The number of carbonyl (C=O) groups is 3. The van der Waals surface area contributed by atoms with Gasteiger partial charge in [-0.1, -0.05) is 62.4 Å². The van der Waals surface area contributed by atoms with Gasteiger partial charge in [-0.2, -0.15) is 0 Å². The fourth-order valence-corrected chi connectivity index (χ4v) is 7.41. The first-order chi connectivity index (χ1) is 25.6. The number of carboxylic acid groups (broad SMARTS) is 1. The highest BCUT2D eigenvalue weighted by Crippen LogP contribution is 2.46. The van der Waals surface area contributed by atoms with E-state index in [1.54, 1.807) is 30.9 Å². The standard InChI is InChI=1S/C40H50FN3O9S/c1-26(2)36(39(48)49)43-35(46)23-53-40(24-52-25-40)21-20-28-6-10-30(11-7-28)37-33(18-19-34(45)29-12-14-31(41)15-13-29)38(47)44(37)32-16-8-27(9-17-32)5-4-22-42-54(3,50)51/h6-17,26,33-34,36-37,42,45H,4-5,18-25H2,1-3H3,(H,43,46)(H,48,49). The lowest BCUT2D eigenvalue weighted by Crippen LogP contribution is -2.55. The van der Waals surface area contributed by atoms with Crippen molar-refractivity contribution in [1.29, 1.82) is 0 Å². The third-order valence-corrected chi connectivity index (χ3v) is 10.8. The molecule has 5 rings (SSSR count). The van der Waals surface area contributed by atoms with Crippen LogP contribution in [0.5, 0.6) is 0 Å². The number of aryl methyl sites for hydroxylation is 2. The lowest BCUT2D eigenvalue weighted by atomic mass is 9.78. The maximum Gasteiger partial charge on any atom is 0.326 e. The van der Waals surface area contributed by atoms with E-state index in [1.807, 2.05) is 48.5 Å². The number of anilines is 1. The number of aliphatic hydroxyl groups excluding tert-OH is 1. The highest BCUT2D eigenvalue weighted by atomic mass is 32.2. The molecule has 3 aromatic rings. The largest absolute Gasteiger partial charge is 0.480 e. The van der Waals surface area contributed by atoms with Gasteiger partial charge in [-0.3, -0.25) is 9.59 Å². The molecule has 2 saturated heterocycles. The van der Waals surface area contributed by atoms with Gasteiger partial charge in [0.2, 0.25) is 21.8 Å². The van der Waals surface area contributed by atoms with Crippen LogP contribution in [0.15, 0.2) is 72.8 Å². The monoisotopic (exact) mass is 767 g/mol. The van der Waals surface area contributed by atoms with E-state index in [2.05, 4.69) is 10.0 Å². The van der Waals surface area contributed by atoms with Gasteiger partial charge in [0.15, 0.2) is 0 Å². The van der Waals surface area contributed by atoms with Crippen molar-refractivity contribution in [3.8, 4) is 0 Å². The van der Waals surface area contributed by atoms with E-state index in [-0.39, 0.29) is 36.2 Å². The molecule has 12 nitrogen and oxygen atoms in total. The highest BCUT2D eigenvalue weighted by molar-refractivity contribution is 7.88. The molecule has 4 N–H and O–H groups in total. The van der Waals surface area contributed by atoms with Crippen molar-refractivity contribution in [1.82, 2.24) is 10.0 Å². The Morgan fingerprint density at radius 3 is 2.20 bits per heavy atom. The van der Waals surface area contributed by atoms with Gasteiger partial charge in [0, 0.05) is 12.2 Å². The first-order valence-corrected chi connectivity index (χ1v) is 20.2. The van der Waals surface area contributed by atoms with Gasteiger partial charge in [0.05, 0.1) is 37.5 Å². The van der Waals surface area contributed by atoms with E-state index in [0.29, 0.717) is 63.8 Å². The van der Waals surface area contributed by atoms with Crippen molar-refractivity contribution < 1.29 is 46.9 Å². The smallest absolute Gasteiger partial charge is 0.326 e. The van der Waals surface area contributed by atoms with Crippen molar-refractivity contribution in [2.75, 3.05) is 37.5 Å². The molecule has 4 atom stereocenters. The van der Waals surface area contributed by atoms with Crippen LogP contribution in [0.3, 0.4) is 0 Å². The summed E-state index contributed by atoms with van der Waals surface area (Å²) in [6.45, 7) is 4.15. The van der Waals surface area contributed by atoms with E-state index in [0.717, 1.165) is 28.6 Å². The maximum atomic E-state index is 13.7. The average molecular weight is 768 g/mol. The van der Waals surface area contributed by atoms with Crippen LogP contribution in [0.2, 0.25) is 0 Å². The molecule has 2 fully saturated rings. The molecule has 0 aliphatic carbocycles. The molecule has 2 heterocycles. The number of rotatable bonds is 20. The predicted molar refractivity (Wildman–Crippen MR) is 201 cm³/mol. The summed E-state index contributed by atoms with van der Waals surface area (Å²) in [5, 5.41) is 22.8. The van der Waals surface area contributed by atoms with Gasteiger partial charge < -0.3 is 29.9 Å². The summed E-state index contributed by atoms with van der Waals surface area (Å²) in [5.74, 6) is -2.71. The molecule has 0 saturated carbocycles. The first kappa shape index (κ1) is 41.0. The number of aliphatic hydroxyl groups is 1. The fraction of sp³-hybridized carbons (Fsp3) is 0.475. The van der Waals surface area contributed by atoms with Crippen LogP contribution in [0.1, 0.15) is 73.9 Å². The number of hydrogen-bond donors (Lipinski definition) is 4. The Morgan fingerprint density at radius 1 is 1.00 bits per heavy atom. The molecular formula is C40H50FN3O9S. The number of halogens is 1. The van der Waals surface area contributed by atoms with Gasteiger partial charge in [-0.05, 0) is 91.0 Å². The Labute approximate surface area is 316 Å². The SMILES string of the molecule is CC(C)C(NC(=O)COC1(CCc2ccc(C3C(CCC(O)c4ccc(F)cc4)C(=O)N3c3ccc(CCCNS(C)(=O)=O)cc3)cc2)COC1)C(=O)O. The molecule has 0 aromatic heterocycles. The van der Waals surface area contributed by atoms with E-state index >= 15 is 0 Å². The van der Waals surface area contributed by atoms with Gasteiger partial charge in [-0.25, -0.2) is 22.3 Å². The zero-order valence-corrected chi connectivity index (χ0v) is 31.7. The van der Waals surface area contributed by atoms with Crippen molar-refractivity contribution >= 4 is 33.5 Å². The molecule has 2 aliphatic heterocycles. The van der Waals surface area contributed by atoms with Gasteiger partial charge in [-0.15, -0.1) is 0 Å². The van der Waals surface area contributed by atoms with Crippen molar-refractivity contribution in [2.45, 2.75) is 76.2 Å².